The first-order valence-electron chi connectivity index (χ1n) is 4.35. The van der Waals surface area contributed by atoms with Gasteiger partial charge in [-0.05, 0) is 40.8 Å². The lowest BCUT2D eigenvalue weighted by Gasteiger charge is -2.08. The van der Waals surface area contributed by atoms with Crippen LogP contribution in [0.25, 0.3) is 11.1 Å². The molecule has 5 heteroatoms. The van der Waals surface area contributed by atoms with E-state index in [1.807, 2.05) is 6.07 Å². The zero-order valence-corrected chi connectivity index (χ0v) is 12.3. The number of rotatable bonds is 1. The second-order valence-electron chi connectivity index (χ2n) is 3.09. The first-order valence-corrected chi connectivity index (χ1v) is 6.56. The fraction of sp³-hybridized carbons (Fsp3) is 0. The zero-order valence-electron chi connectivity index (χ0n) is 7.85. The molecule has 82 valence electrons. The smallest absolute Gasteiger partial charge is 0.137 e. The number of pyridine rings is 1. The average Bonchev–Trinajstić information content (AvgIpc) is 2.23. The Morgan fingerprint density at radius 3 is 2.31 bits per heavy atom. The van der Waals surface area contributed by atoms with E-state index in [0.29, 0.717) is 15.2 Å². The molecule has 0 fully saturated rings. The molecular formula is C11H5Cl3IN. The highest BCUT2D eigenvalue weighted by molar-refractivity contribution is 14.1. The first-order chi connectivity index (χ1) is 7.59. The van der Waals surface area contributed by atoms with Crippen LogP contribution >= 0.6 is 57.4 Å². The number of benzene rings is 1. The Kier molecular flexibility index (Phi) is 3.95. The van der Waals surface area contributed by atoms with Crippen molar-refractivity contribution in [3.8, 4) is 11.1 Å². The third-order valence-corrected chi connectivity index (χ3v) is 3.56. The quantitative estimate of drug-likeness (QED) is 0.479. The van der Waals surface area contributed by atoms with E-state index in [4.69, 9.17) is 34.8 Å². The minimum absolute atomic E-state index is 0.399. The fourth-order valence-corrected chi connectivity index (χ4v) is 2.60. The SMILES string of the molecule is Clc1cccc(Cl)c1-c1cc(I)cnc1Cl. The van der Waals surface area contributed by atoms with E-state index in [1.54, 1.807) is 24.4 Å². The summed E-state index contributed by atoms with van der Waals surface area (Å²) >= 11 is 20.4. The molecule has 0 spiro atoms. The van der Waals surface area contributed by atoms with Crippen molar-refractivity contribution >= 4 is 57.4 Å². The van der Waals surface area contributed by atoms with E-state index >= 15 is 0 Å². The summed E-state index contributed by atoms with van der Waals surface area (Å²) < 4.78 is 0.980. The number of aromatic nitrogens is 1. The Labute approximate surface area is 122 Å². The molecule has 0 atom stereocenters. The third kappa shape index (κ3) is 2.45. The second-order valence-corrected chi connectivity index (χ2v) is 5.51. The van der Waals surface area contributed by atoms with E-state index in [-0.39, 0.29) is 0 Å². The molecule has 2 aromatic rings. The predicted octanol–water partition coefficient (Wildman–Crippen LogP) is 5.31. The molecule has 1 aromatic heterocycles. The molecule has 0 aliphatic heterocycles. The summed E-state index contributed by atoms with van der Waals surface area (Å²) in [6.07, 6.45) is 1.69. The van der Waals surface area contributed by atoms with Gasteiger partial charge in [-0.15, -0.1) is 0 Å². The van der Waals surface area contributed by atoms with E-state index in [9.17, 15) is 0 Å². The van der Waals surface area contributed by atoms with Crippen LogP contribution in [0.5, 0.6) is 0 Å². The number of nitrogens with zero attached hydrogens (tertiary/aromatic N) is 1. The molecule has 0 saturated heterocycles. The lowest BCUT2D eigenvalue weighted by atomic mass is 10.1. The summed E-state index contributed by atoms with van der Waals surface area (Å²) in [5.74, 6) is 0. The molecule has 2 rings (SSSR count). The summed E-state index contributed by atoms with van der Waals surface area (Å²) in [6.45, 7) is 0. The van der Waals surface area contributed by atoms with Gasteiger partial charge in [0.25, 0.3) is 0 Å². The van der Waals surface area contributed by atoms with Crippen molar-refractivity contribution in [2.75, 3.05) is 0 Å². The third-order valence-electron chi connectivity index (χ3n) is 2.04. The molecule has 0 radical (unpaired) electrons. The summed E-state index contributed by atoms with van der Waals surface area (Å²) in [6, 6.07) is 7.25. The highest BCUT2D eigenvalue weighted by Gasteiger charge is 2.12. The van der Waals surface area contributed by atoms with Gasteiger partial charge in [0.05, 0.1) is 10.0 Å². The standard InChI is InChI=1S/C11H5Cl3IN/c12-8-2-1-3-9(13)10(8)7-4-6(15)5-16-11(7)14/h1-5H. The van der Waals surface area contributed by atoms with Crippen molar-refractivity contribution in [2.45, 2.75) is 0 Å². The number of hydrogen-bond acceptors (Lipinski definition) is 1. The van der Waals surface area contributed by atoms with Crippen molar-refractivity contribution in [3.05, 3.63) is 49.2 Å². The van der Waals surface area contributed by atoms with E-state index in [2.05, 4.69) is 27.6 Å². The van der Waals surface area contributed by atoms with Gasteiger partial charge in [0.2, 0.25) is 0 Å². The molecule has 0 amide bonds. The molecule has 1 aromatic carbocycles. The van der Waals surface area contributed by atoms with Gasteiger partial charge in [0.15, 0.2) is 0 Å². The van der Waals surface area contributed by atoms with Crippen LogP contribution in [0.2, 0.25) is 15.2 Å². The van der Waals surface area contributed by atoms with Gasteiger partial charge < -0.3 is 0 Å². The highest BCUT2D eigenvalue weighted by Crippen LogP contribution is 2.37. The molecule has 1 nitrogen and oxygen atoms in total. The van der Waals surface area contributed by atoms with Crippen LogP contribution in [0.4, 0.5) is 0 Å². The van der Waals surface area contributed by atoms with Crippen LogP contribution < -0.4 is 0 Å². The molecule has 0 N–H and O–H groups in total. The van der Waals surface area contributed by atoms with Crippen LogP contribution in [0.1, 0.15) is 0 Å². The van der Waals surface area contributed by atoms with Crippen LogP contribution in [-0.4, -0.2) is 4.98 Å². The highest BCUT2D eigenvalue weighted by atomic mass is 127. The van der Waals surface area contributed by atoms with Crippen molar-refractivity contribution in [1.29, 1.82) is 0 Å². The van der Waals surface area contributed by atoms with Gasteiger partial charge in [0, 0.05) is 20.9 Å². The Balaban J connectivity index is 2.72. The van der Waals surface area contributed by atoms with Gasteiger partial charge in [-0.1, -0.05) is 40.9 Å². The van der Waals surface area contributed by atoms with Gasteiger partial charge in [-0.25, -0.2) is 4.98 Å². The first kappa shape index (κ1) is 12.4. The van der Waals surface area contributed by atoms with E-state index < -0.39 is 0 Å². The molecule has 1 heterocycles. The van der Waals surface area contributed by atoms with Crippen LogP contribution in [0, 0.1) is 3.57 Å². The molecule has 0 saturated carbocycles. The normalized spacial score (nSPS) is 10.5. The molecular weight excluding hydrogens is 379 g/mol. The lowest BCUT2D eigenvalue weighted by molar-refractivity contribution is 1.31. The maximum absolute atomic E-state index is 6.12. The van der Waals surface area contributed by atoms with Gasteiger partial charge in [0.1, 0.15) is 5.15 Å². The molecule has 0 aliphatic rings. The molecule has 0 bridgehead atoms. The Bertz CT molecular complexity index is 522. The minimum Gasteiger partial charge on any atom is -0.243 e. The van der Waals surface area contributed by atoms with Crippen molar-refractivity contribution in [1.82, 2.24) is 4.98 Å². The average molecular weight is 384 g/mol. The fourth-order valence-electron chi connectivity index (χ4n) is 1.35. The van der Waals surface area contributed by atoms with E-state index in [0.717, 1.165) is 14.7 Å². The molecule has 0 unspecified atom stereocenters. The van der Waals surface area contributed by atoms with E-state index in [1.165, 1.54) is 0 Å². The number of hydrogen-bond donors (Lipinski definition) is 0. The summed E-state index contributed by atoms with van der Waals surface area (Å²) in [4.78, 5) is 4.08. The predicted molar refractivity (Wildman–Crippen MR) is 77.4 cm³/mol. The van der Waals surface area contributed by atoms with Crippen molar-refractivity contribution in [3.63, 3.8) is 0 Å². The van der Waals surface area contributed by atoms with Gasteiger partial charge in [-0.3, -0.25) is 0 Å². The monoisotopic (exact) mass is 383 g/mol. The van der Waals surface area contributed by atoms with Crippen LogP contribution in [-0.2, 0) is 0 Å². The Hall–Kier alpha value is -0.0300. The van der Waals surface area contributed by atoms with Crippen molar-refractivity contribution in [2.24, 2.45) is 0 Å². The largest absolute Gasteiger partial charge is 0.243 e. The summed E-state index contributed by atoms with van der Waals surface area (Å²) in [5.41, 5.74) is 1.48. The minimum atomic E-state index is 0.399. The summed E-state index contributed by atoms with van der Waals surface area (Å²) in [7, 11) is 0. The maximum Gasteiger partial charge on any atom is 0.137 e. The zero-order chi connectivity index (χ0) is 11.7. The van der Waals surface area contributed by atoms with Crippen LogP contribution in [0.3, 0.4) is 0 Å². The topological polar surface area (TPSA) is 12.9 Å². The van der Waals surface area contributed by atoms with Gasteiger partial charge in [-0.2, -0.15) is 0 Å². The van der Waals surface area contributed by atoms with Crippen molar-refractivity contribution < 1.29 is 0 Å². The van der Waals surface area contributed by atoms with Gasteiger partial charge >= 0.3 is 0 Å². The maximum atomic E-state index is 6.12. The summed E-state index contributed by atoms with van der Waals surface area (Å²) in [5, 5.41) is 1.53. The molecule has 16 heavy (non-hydrogen) atoms. The Morgan fingerprint density at radius 1 is 1.06 bits per heavy atom. The molecule has 0 aliphatic carbocycles. The Morgan fingerprint density at radius 2 is 1.69 bits per heavy atom. The number of halogens is 4. The van der Waals surface area contributed by atoms with Crippen LogP contribution in [0.15, 0.2) is 30.5 Å². The lowest BCUT2D eigenvalue weighted by Crippen LogP contribution is -1.87. The second kappa shape index (κ2) is 5.08.